The van der Waals surface area contributed by atoms with Crippen LogP contribution in [0.3, 0.4) is 0 Å². The van der Waals surface area contributed by atoms with E-state index in [1.54, 1.807) is 37.3 Å². The van der Waals surface area contributed by atoms with Gasteiger partial charge in [-0.15, -0.1) is 0 Å². The molecule has 0 saturated carbocycles. The number of hydrogen-bond donors (Lipinski definition) is 1. The van der Waals surface area contributed by atoms with Gasteiger partial charge in [0.05, 0.1) is 16.0 Å². The molecule has 0 saturated heterocycles. The standard InChI is InChI=1S/C17H19ClN2O4S2/c1-13-4-9-16(12-17(13)26(23,24)20(2)3)19-25(21,22)11-10-14-5-7-15(18)8-6-14/h4-12,19H,1-3H3/b11-10+. The summed E-state index contributed by atoms with van der Waals surface area (Å²) in [5, 5.41) is 1.56. The number of halogens is 1. The molecule has 2 aromatic carbocycles. The van der Waals surface area contributed by atoms with Crippen molar-refractivity contribution in [1.29, 1.82) is 0 Å². The molecule has 0 spiro atoms. The zero-order valence-electron chi connectivity index (χ0n) is 14.5. The fourth-order valence-electron chi connectivity index (χ4n) is 2.08. The van der Waals surface area contributed by atoms with Gasteiger partial charge in [-0.1, -0.05) is 29.8 Å². The van der Waals surface area contributed by atoms with Crippen LogP contribution in [0.1, 0.15) is 11.1 Å². The second-order valence-corrected chi connectivity index (χ2v) is 9.89. The lowest BCUT2D eigenvalue weighted by Gasteiger charge is -2.15. The first-order valence-electron chi connectivity index (χ1n) is 7.51. The van der Waals surface area contributed by atoms with Crippen molar-refractivity contribution >= 4 is 43.4 Å². The molecular formula is C17H19ClN2O4S2. The van der Waals surface area contributed by atoms with Crippen molar-refractivity contribution in [2.45, 2.75) is 11.8 Å². The van der Waals surface area contributed by atoms with Gasteiger partial charge in [-0.25, -0.2) is 21.1 Å². The molecule has 0 heterocycles. The normalized spacial score (nSPS) is 12.7. The highest BCUT2D eigenvalue weighted by molar-refractivity contribution is 7.95. The maximum absolute atomic E-state index is 12.3. The number of aryl methyl sites for hydroxylation is 1. The first-order valence-corrected chi connectivity index (χ1v) is 10.9. The quantitative estimate of drug-likeness (QED) is 0.785. The number of nitrogens with one attached hydrogen (secondary N) is 1. The molecule has 0 amide bonds. The van der Waals surface area contributed by atoms with Crippen LogP contribution in [0.2, 0.25) is 5.02 Å². The Kier molecular flexibility index (Phi) is 6.13. The highest BCUT2D eigenvalue weighted by atomic mass is 35.5. The third kappa shape index (κ3) is 5.07. The molecule has 6 nitrogen and oxygen atoms in total. The summed E-state index contributed by atoms with van der Waals surface area (Å²) in [6, 6.07) is 11.0. The van der Waals surface area contributed by atoms with Crippen LogP contribution in [-0.4, -0.2) is 35.2 Å². The Labute approximate surface area is 159 Å². The molecule has 26 heavy (non-hydrogen) atoms. The zero-order valence-corrected chi connectivity index (χ0v) is 16.9. The molecule has 0 radical (unpaired) electrons. The summed E-state index contributed by atoms with van der Waals surface area (Å²) in [5.41, 5.74) is 1.36. The first-order chi connectivity index (χ1) is 12.0. The zero-order chi connectivity index (χ0) is 19.5. The van der Waals surface area contributed by atoms with E-state index >= 15 is 0 Å². The summed E-state index contributed by atoms with van der Waals surface area (Å²) in [5.74, 6) is 0. The van der Waals surface area contributed by atoms with Crippen LogP contribution in [0.25, 0.3) is 6.08 Å². The Bertz CT molecular complexity index is 1030. The summed E-state index contributed by atoms with van der Waals surface area (Å²) >= 11 is 5.79. The van der Waals surface area contributed by atoms with Gasteiger partial charge in [0, 0.05) is 19.1 Å². The minimum absolute atomic E-state index is 0.0457. The van der Waals surface area contributed by atoms with E-state index in [-0.39, 0.29) is 10.6 Å². The van der Waals surface area contributed by atoms with E-state index in [1.165, 1.54) is 32.3 Å². The molecule has 2 aromatic rings. The number of benzene rings is 2. The van der Waals surface area contributed by atoms with E-state index in [2.05, 4.69) is 4.72 Å². The van der Waals surface area contributed by atoms with Crippen LogP contribution in [0.5, 0.6) is 0 Å². The van der Waals surface area contributed by atoms with Crippen LogP contribution >= 0.6 is 11.6 Å². The number of hydrogen-bond acceptors (Lipinski definition) is 4. The topological polar surface area (TPSA) is 83.5 Å². The molecule has 0 bridgehead atoms. The van der Waals surface area contributed by atoms with Crippen LogP contribution in [0, 0.1) is 6.92 Å². The molecule has 0 aliphatic heterocycles. The van der Waals surface area contributed by atoms with E-state index in [1.807, 2.05) is 0 Å². The van der Waals surface area contributed by atoms with Crippen molar-refractivity contribution in [3.05, 3.63) is 64.0 Å². The van der Waals surface area contributed by atoms with Crippen molar-refractivity contribution in [2.75, 3.05) is 18.8 Å². The van der Waals surface area contributed by atoms with Crippen LogP contribution in [0.4, 0.5) is 5.69 Å². The maximum atomic E-state index is 12.3. The van der Waals surface area contributed by atoms with E-state index in [9.17, 15) is 16.8 Å². The smallest absolute Gasteiger partial charge is 0.255 e. The van der Waals surface area contributed by atoms with Gasteiger partial charge in [-0.3, -0.25) is 4.72 Å². The Morgan fingerprint density at radius 1 is 1.00 bits per heavy atom. The van der Waals surface area contributed by atoms with Crippen molar-refractivity contribution < 1.29 is 16.8 Å². The molecule has 0 aliphatic rings. The van der Waals surface area contributed by atoms with Crippen molar-refractivity contribution in [3.8, 4) is 0 Å². The molecule has 0 fully saturated rings. The number of sulfonamides is 2. The van der Waals surface area contributed by atoms with Crippen molar-refractivity contribution in [2.24, 2.45) is 0 Å². The summed E-state index contributed by atoms with van der Waals surface area (Å²) < 4.78 is 52.6. The van der Waals surface area contributed by atoms with Gasteiger partial charge < -0.3 is 0 Å². The SMILES string of the molecule is Cc1ccc(NS(=O)(=O)/C=C/c2ccc(Cl)cc2)cc1S(=O)(=O)N(C)C. The monoisotopic (exact) mass is 414 g/mol. The summed E-state index contributed by atoms with van der Waals surface area (Å²) in [6.45, 7) is 1.65. The van der Waals surface area contributed by atoms with Gasteiger partial charge in [-0.2, -0.15) is 0 Å². The van der Waals surface area contributed by atoms with E-state index in [4.69, 9.17) is 11.6 Å². The van der Waals surface area contributed by atoms with Gasteiger partial charge in [0.2, 0.25) is 10.0 Å². The average molecular weight is 415 g/mol. The molecule has 0 unspecified atom stereocenters. The van der Waals surface area contributed by atoms with Crippen molar-refractivity contribution in [3.63, 3.8) is 0 Å². The minimum Gasteiger partial charge on any atom is -0.280 e. The number of nitrogens with zero attached hydrogens (tertiary/aromatic N) is 1. The van der Waals surface area contributed by atoms with E-state index < -0.39 is 20.0 Å². The van der Waals surface area contributed by atoms with Crippen LogP contribution in [-0.2, 0) is 20.0 Å². The fourth-order valence-corrected chi connectivity index (χ4v) is 4.21. The molecule has 0 atom stereocenters. The van der Waals surface area contributed by atoms with Crippen LogP contribution < -0.4 is 4.72 Å². The highest BCUT2D eigenvalue weighted by Crippen LogP contribution is 2.23. The lowest BCUT2D eigenvalue weighted by Crippen LogP contribution is -2.23. The molecule has 1 N–H and O–H groups in total. The Balaban J connectivity index is 2.28. The van der Waals surface area contributed by atoms with Gasteiger partial charge in [-0.05, 0) is 48.4 Å². The lowest BCUT2D eigenvalue weighted by molar-refractivity contribution is 0.520. The van der Waals surface area contributed by atoms with Crippen molar-refractivity contribution in [1.82, 2.24) is 4.31 Å². The molecule has 0 aliphatic carbocycles. The third-order valence-electron chi connectivity index (χ3n) is 3.52. The molecule has 140 valence electrons. The van der Waals surface area contributed by atoms with Gasteiger partial charge in [0.25, 0.3) is 10.0 Å². The average Bonchev–Trinajstić information content (AvgIpc) is 2.55. The predicted molar refractivity (Wildman–Crippen MR) is 105 cm³/mol. The largest absolute Gasteiger partial charge is 0.280 e. The maximum Gasteiger partial charge on any atom is 0.255 e. The van der Waals surface area contributed by atoms with E-state index in [0.29, 0.717) is 16.1 Å². The molecule has 9 heteroatoms. The fraction of sp³-hybridized carbons (Fsp3) is 0.176. The third-order valence-corrected chi connectivity index (χ3v) is 6.74. The Morgan fingerprint density at radius 3 is 2.19 bits per heavy atom. The lowest BCUT2D eigenvalue weighted by atomic mass is 10.2. The molecular weight excluding hydrogens is 396 g/mol. The number of rotatable bonds is 6. The Morgan fingerprint density at radius 2 is 1.62 bits per heavy atom. The number of anilines is 1. The predicted octanol–water partition coefficient (Wildman–Crippen LogP) is 3.31. The summed E-state index contributed by atoms with van der Waals surface area (Å²) in [6.07, 6.45) is 1.42. The van der Waals surface area contributed by atoms with Gasteiger partial charge in [0.15, 0.2) is 0 Å². The molecule has 2 rings (SSSR count). The minimum atomic E-state index is -3.81. The second-order valence-electron chi connectivity index (χ2n) is 5.77. The first kappa shape index (κ1) is 20.4. The summed E-state index contributed by atoms with van der Waals surface area (Å²) in [4.78, 5) is 0.0457. The molecule has 0 aromatic heterocycles. The van der Waals surface area contributed by atoms with E-state index in [0.717, 1.165) is 9.71 Å². The Hall–Kier alpha value is -1.87. The summed E-state index contributed by atoms with van der Waals surface area (Å²) in [7, 11) is -4.65. The second kappa shape index (κ2) is 7.79. The highest BCUT2D eigenvalue weighted by Gasteiger charge is 2.20. The van der Waals surface area contributed by atoms with Gasteiger partial charge >= 0.3 is 0 Å². The van der Waals surface area contributed by atoms with Gasteiger partial charge in [0.1, 0.15) is 0 Å². The van der Waals surface area contributed by atoms with Crippen LogP contribution in [0.15, 0.2) is 52.8 Å².